The van der Waals surface area contributed by atoms with Gasteiger partial charge in [-0.15, -0.1) is 0 Å². The highest BCUT2D eigenvalue weighted by Gasteiger charge is 2.43. The number of carbonyl (C=O) groups excluding carboxylic acids is 1. The van der Waals surface area contributed by atoms with Crippen LogP contribution in [0.15, 0.2) is 48.5 Å². The average Bonchev–Trinajstić information content (AvgIpc) is 3.16. The van der Waals surface area contributed by atoms with Crippen LogP contribution in [0.3, 0.4) is 0 Å². The van der Waals surface area contributed by atoms with Gasteiger partial charge in [-0.2, -0.15) is 0 Å². The van der Waals surface area contributed by atoms with Crippen LogP contribution in [0.1, 0.15) is 12.8 Å². The van der Waals surface area contributed by atoms with Gasteiger partial charge >= 0.3 is 0 Å². The Morgan fingerprint density at radius 3 is 2.47 bits per heavy atom. The zero-order chi connectivity index (χ0) is 21.1. The first kappa shape index (κ1) is 20.5. The highest BCUT2D eigenvalue weighted by Crippen LogP contribution is 2.39. The number of rotatable bonds is 6. The number of hydrogen-bond acceptors (Lipinski definition) is 5. The van der Waals surface area contributed by atoms with E-state index in [1.54, 1.807) is 19.2 Å². The van der Waals surface area contributed by atoms with Crippen molar-refractivity contribution in [1.82, 2.24) is 4.90 Å². The Bertz CT molecular complexity index is 876. The van der Waals surface area contributed by atoms with E-state index < -0.39 is 6.10 Å². The number of halogens is 1. The fraction of sp³-hybridized carbons (Fsp3) is 0.435. The molecule has 30 heavy (non-hydrogen) atoms. The molecule has 1 amide bonds. The molecule has 160 valence electrons. The Morgan fingerprint density at radius 2 is 1.77 bits per heavy atom. The van der Waals surface area contributed by atoms with Gasteiger partial charge in [-0.3, -0.25) is 4.79 Å². The van der Waals surface area contributed by atoms with Gasteiger partial charge in [0, 0.05) is 18.8 Å². The molecular formula is C23H27FN2O4. The number of methoxy groups -OCH3 is 1. The van der Waals surface area contributed by atoms with Crippen LogP contribution in [0, 0.1) is 17.7 Å². The van der Waals surface area contributed by atoms with E-state index in [0.29, 0.717) is 49.0 Å². The Labute approximate surface area is 175 Å². The lowest BCUT2D eigenvalue weighted by molar-refractivity contribution is -0.128. The minimum atomic E-state index is -0.580. The number of nitrogens with zero attached hydrogens (tertiary/aromatic N) is 1. The van der Waals surface area contributed by atoms with Crippen molar-refractivity contribution in [1.29, 1.82) is 0 Å². The molecule has 6 nitrogen and oxygen atoms in total. The van der Waals surface area contributed by atoms with E-state index in [1.807, 2.05) is 29.2 Å². The monoisotopic (exact) mass is 414 g/mol. The number of fused-ring (bicyclic) bond motifs is 1. The fourth-order valence-corrected chi connectivity index (χ4v) is 4.46. The van der Waals surface area contributed by atoms with Gasteiger partial charge in [0.25, 0.3) is 0 Å². The predicted molar refractivity (Wildman–Crippen MR) is 111 cm³/mol. The first-order valence-electron chi connectivity index (χ1n) is 10.3. The van der Waals surface area contributed by atoms with Crippen LogP contribution in [0.25, 0.3) is 0 Å². The summed E-state index contributed by atoms with van der Waals surface area (Å²) in [6.45, 7) is 1.47. The van der Waals surface area contributed by atoms with Crippen molar-refractivity contribution in [3.8, 4) is 11.5 Å². The number of amides is 1. The van der Waals surface area contributed by atoms with Crippen molar-refractivity contribution >= 4 is 11.6 Å². The lowest BCUT2D eigenvalue weighted by Crippen LogP contribution is -2.42. The number of benzene rings is 2. The van der Waals surface area contributed by atoms with Crippen LogP contribution < -0.4 is 14.8 Å². The first-order valence-corrected chi connectivity index (χ1v) is 10.3. The molecule has 2 aromatic carbocycles. The summed E-state index contributed by atoms with van der Waals surface area (Å²) >= 11 is 0. The van der Waals surface area contributed by atoms with Gasteiger partial charge in [0.05, 0.1) is 19.8 Å². The Morgan fingerprint density at radius 1 is 1.10 bits per heavy atom. The second kappa shape index (κ2) is 8.92. The number of ether oxygens (including phenoxy) is 2. The molecule has 0 aromatic heterocycles. The lowest BCUT2D eigenvalue weighted by atomic mass is 9.78. The summed E-state index contributed by atoms with van der Waals surface area (Å²) in [7, 11) is 1.59. The first-order chi connectivity index (χ1) is 14.5. The summed E-state index contributed by atoms with van der Waals surface area (Å²) < 4.78 is 24.4. The van der Waals surface area contributed by atoms with Crippen LogP contribution in [-0.4, -0.2) is 54.9 Å². The van der Waals surface area contributed by atoms with E-state index in [0.717, 1.165) is 0 Å². The Kier molecular flexibility index (Phi) is 6.08. The van der Waals surface area contributed by atoms with Gasteiger partial charge in [-0.25, -0.2) is 4.39 Å². The molecule has 7 heteroatoms. The highest BCUT2D eigenvalue weighted by atomic mass is 19.1. The van der Waals surface area contributed by atoms with Crippen molar-refractivity contribution in [2.24, 2.45) is 11.8 Å². The van der Waals surface area contributed by atoms with Gasteiger partial charge in [-0.1, -0.05) is 12.1 Å². The van der Waals surface area contributed by atoms with E-state index in [2.05, 4.69) is 5.32 Å². The second-order valence-electron chi connectivity index (χ2n) is 8.03. The normalized spacial score (nSPS) is 25.5. The van der Waals surface area contributed by atoms with Gasteiger partial charge < -0.3 is 24.8 Å². The van der Waals surface area contributed by atoms with Crippen LogP contribution in [0.2, 0.25) is 0 Å². The van der Waals surface area contributed by atoms with Crippen molar-refractivity contribution in [3.63, 3.8) is 0 Å². The number of anilines is 1. The molecule has 1 saturated carbocycles. The van der Waals surface area contributed by atoms with E-state index in [-0.39, 0.29) is 30.3 Å². The van der Waals surface area contributed by atoms with E-state index in [4.69, 9.17) is 9.47 Å². The van der Waals surface area contributed by atoms with Crippen molar-refractivity contribution < 1.29 is 23.8 Å². The van der Waals surface area contributed by atoms with Gasteiger partial charge in [0.1, 0.15) is 11.9 Å². The number of aliphatic hydroxyl groups is 1. The van der Waals surface area contributed by atoms with Crippen LogP contribution in [0.4, 0.5) is 10.1 Å². The molecule has 2 aliphatic rings. The third kappa shape index (κ3) is 4.51. The van der Waals surface area contributed by atoms with E-state index >= 15 is 0 Å². The summed E-state index contributed by atoms with van der Waals surface area (Å²) in [6.07, 6.45) is 0.400. The molecule has 0 spiro atoms. The minimum Gasteiger partial charge on any atom is -0.493 e. The summed E-state index contributed by atoms with van der Waals surface area (Å²) in [6, 6.07) is 13.4. The zero-order valence-electron chi connectivity index (χ0n) is 17.0. The van der Waals surface area contributed by atoms with Gasteiger partial charge in [0.15, 0.2) is 11.5 Å². The molecule has 0 bridgehead atoms. The maximum Gasteiger partial charge on any atom is 0.241 e. The smallest absolute Gasteiger partial charge is 0.241 e. The van der Waals surface area contributed by atoms with Crippen molar-refractivity contribution in [2.45, 2.75) is 25.0 Å². The lowest BCUT2D eigenvalue weighted by Gasteiger charge is -2.35. The minimum absolute atomic E-state index is 0.00501. The second-order valence-corrected chi connectivity index (χ2v) is 8.03. The van der Waals surface area contributed by atoms with Gasteiger partial charge in [-0.05, 0) is 61.1 Å². The third-order valence-electron chi connectivity index (χ3n) is 6.07. The Balaban J connectivity index is 1.33. The summed E-state index contributed by atoms with van der Waals surface area (Å²) in [5.74, 6) is 1.53. The SMILES string of the molecule is COc1ccccc1O[C@@H]1C[C@@H]2CN(C(=O)CNc3ccc(F)cc3)C[C@@H]2C[C@H]1O. The summed E-state index contributed by atoms with van der Waals surface area (Å²) in [5.41, 5.74) is 0.710. The number of hydrogen-bond donors (Lipinski definition) is 2. The average molecular weight is 414 g/mol. The van der Waals surface area contributed by atoms with Crippen molar-refractivity contribution in [2.75, 3.05) is 32.1 Å². The molecule has 1 saturated heterocycles. The Hall–Kier alpha value is -2.80. The molecule has 2 fully saturated rings. The number of nitrogens with one attached hydrogen (secondary N) is 1. The van der Waals surface area contributed by atoms with Crippen LogP contribution in [0.5, 0.6) is 11.5 Å². The number of aliphatic hydroxyl groups excluding tert-OH is 1. The fourth-order valence-electron chi connectivity index (χ4n) is 4.46. The third-order valence-corrected chi connectivity index (χ3v) is 6.07. The molecule has 2 aromatic rings. The molecule has 1 aliphatic heterocycles. The van der Waals surface area contributed by atoms with Gasteiger partial charge in [0.2, 0.25) is 5.91 Å². The topological polar surface area (TPSA) is 71.0 Å². The highest BCUT2D eigenvalue weighted by molar-refractivity contribution is 5.81. The predicted octanol–water partition coefficient (Wildman–Crippen LogP) is 2.92. The maximum atomic E-state index is 13.0. The molecule has 1 heterocycles. The molecule has 0 unspecified atom stereocenters. The van der Waals surface area contributed by atoms with Crippen LogP contribution >= 0.6 is 0 Å². The molecule has 4 rings (SSSR count). The largest absolute Gasteiger partial charge is 0.493 e. The standard InChI is InChI=1S/C23H27FN2O4/c1-29-20-4-2-3-5-21(20)30-22-11-16-14-26(13-15(16)10-19(22)27)23(28)12-25-18-8-6-17(24)7-9-18/h2-9,15-16,19,22,25,27H,10-14H2,1H3/t15-,16+,19+,22+/m0/s1. The summed E-state index contributed by atoms with van der Waals surface area (Å²) in [5, 5.41) is 13.7. The number of carbonyl (C=O) groups is 1. The summed E-state index contributed by atoms with van der Waals surface area (Å²) in [4.78, 5) is 14.5. The number of likely N-dealkylation sites (tertiary alicyclic amines) is 1. The molecule has 2 N–H and O–H groups in total. The van der Waals surface area contributed by atoms with Crippen molar-refractivity contribution in [3.05, 3.63) is 54.3 Å². The van der Waals surface area contributed by atoms with Crippen LogP contribution in [-0.2, 0) is 4.79 Å². The maximum absolute atomic E-state index is 13.0. The quantitative estimate of drug-likeness (QED) is 0.761. The number of para-hydroxylation sites is 2. The molecule has 4 atom stereocenters. The zero-order valence-corrected chi connectivity index (χ0v) is 17.0. The molecule has 0 radical (unpaired) electrons. The van der Waals surface area contributed by atoms with E-state index in [1.165, 1.54) is 12.1 Å². The molecular weight excluding hydrogens is 387 g/mol. The molecule has 1 aliphatic carbocycles. The van der Waals surface area contributed by atoms with E-state index in [9.17, 15) is 14.3 Å².